The Morgan fingerprint density at radius 3 is 2.95 bits per heavy atom. The largest absolute Gasteiger partial charge is 0.370 e. The van der Waals surface area contributed by atoms with Gasteiger partial charge in [-0.2, -0.15) is 0 Å². The summed E-state index contributed by atoms with van der Waals surface area (Å²) in [6, 6.07) is 2.05. The predicted octanol–water partition coefficient (Wildman–Crippen LogP) is 4.02. The van der Waals surface area contributed by atoms with E-state index in [1.54, 1.807) is 11.9 Å². The number of rotatable bonds is 8. The van der Waals surface area contributed by atoms with E-state index in [1.807, 2.05) is 6.07 Å². The number of aromatic nitrogens is 2. The van der Waals surface area contributed by atoms with Gasteiger partial charge in [0.05, 0.1) is 0 Å². The zero-order chi connectivity index (χ0) is 14.9. The van der Waals surface area contributed by atoms with Crippen LogP contribution in [0.5, 0.6) is 0 Å². The van der Waals surface area contributed by atoms with Crippen LogP contribution in [0.2, 0.25) is 0 Å². The Bertz CT molecular complexity index is 456. The van der Waals surface area contributed by atoms with Gasteiger partial charge in [-0.1, -0.05) is 25.0 Å². The summed E-state index contributed by atoms with van der Waals surface area (Å²) in [6.45, 7) is 4.21. The highest BCUT2D eigenvalue weighted by molar-refractivity contribution is 5.47. The van der Waals surface area contributed by atoms with Gasteiger partial charge in [-0.05, 0) is 38.5 Å². The quantitative estimate of drug-likeness (QED) is 0.734. The smallest absolute Gasteiger partial charge is 0.133 e. The van der Waals surface area contributed by atoms with Gasteiger partial charge in [-0.25, -0.2) is 9.97 Å². The molecule has 0 unspecified atom stereocenters. The highest BCUT2D eigenvalue weighted by Gasteiger charge is 2.05. The minimum atomic E-state index is 0.930. The molecule has 4 nitrogen and oxygen atoms in total. The lowest BCUT2D eigenvalue weighted by atomic mass is 9.97. The van der Waals surface area contributed by atoms with Crippen molar-refractivity contribution in [3.05, 3.63) is 24.0 Å². The zero-order valence-corrected chi connectivity index (χ0v) is 13.4. The number of anilines is 2. The van der Waals surface area contributed by atoms with E-state index in [4.69, 9.17) is 0 Å². The number of hydrogen-bond donors (Lipinski definition) is 1. The molecule has 1 aromatic rings. The summed E-state index contributed by atoms with van der Waals surface area (Å²) in [5.41, 5.74) is 1.60. The van der Waals surface area contributed by atoms with Gasteiger partial charge in [-0.3, -0.25) is 0 Å². The highest BCUT2D eigenvalue weighted by Crippen LogP contribution is 2.20. The lowest BCUT2D eigenvalue weighted by Crippen LogP contribution is -2.20. The van der Waals surface area contributed by atoms with E-state index in [-0.39, 0.29) is 0 Å². The molecule has 0 saturated carbocycles. The molecule has 0 spiro atoms. The van der Waals surface area contributed by atoms with E-state index in [1.165, 1.54) is 38.5 Å². The number of nitrogens with one attached hydrogen (secondary N) is 1. The molecule has 1 aliphatic rings. The third kappa shape index (κ3) is 5.37. The first kappa shape index (κ1) is 15.8. The van der Waals surface area contributed by atoms with E-state index in [9.17, 15) is 0 Å². The van der Waals surface area contributed by atoms with Crippen LogP contribution < -0.4 is 10.2 Å². The third-order valence-electron chi connectivity index (χ3n) is 4.03. The van der Waals surface area contributed by atoms with Crippen LogP contribution in [0, 0.1) is 0 Å². The average molecular weight is 288 g/mol. The summed E-state index contributed by atoms with van der Waals surface area (Å²) in [5, 5.41) is 3.42. The number of nitrogens with zero attached hydrogens (tertiary/aromatic N) is 3. The normalized spacial score (nSPS) is 14.7. The maximum absolute atomic E-state index is 4.35. The molecule has 1 aromatic heterocycles. The minimum Gasteiger partial charge on any atom is -0.370 e. The molecule has 0 fully saturated rings. The summed E-state index contributed by atoms with van der Waals surface area (Å²) in [7, 11) is 2.09. The van der Waals surface area contributed by atoms with E-state index >= 15 is 0 Å². The van der Waals surface area contributed by atoms with E-state index in [0.29, 0.717) is 0 Å². The van der Waals surface area contributed by atoms with Crippen LogP contribution in [0.4, 0.5) is 11.6 Å². The Morgan fingerprint density at radius 2 is 2.19 bits per heavy atom. The molecule has 0 atom stereocenters. The Morgan fingerprint density at radius 1 is 1.29 bits per heavy atom. The van der Waals surface area contributed by atoms with Gasteiger partial charge in [0.1, 0.15) is 18.0 Å². The van der Waals surface area contributed by atoms with Crippen LogP contribution >= 0.6 is 0 Å². The Balaban J connectivity index is 1.81. The zero-order valence-electron chi connectivity index (χ0n) is 13.4. The van der Waals surface area contributed by atoms with Crippen molar-refractivity contribution in [2.75, 3.05) is 30.4 Å². The molecule has 2 rings (SSSR count). The molecular weight excluding hydrogens is 260 g/mol. The first-order valence-electron chi connectivity index (χ1n) is 8.24. The third-order valence-corrected chi connectivity index (χ3v) is 4.03. The van der Waals surface area contributed by atoms with Crippen molar-refractivity contribution in [1.82, 2.24) is 9.97 Å². The molecule has 4 heteroatoms. The van der Waals surface area contributed by atoms with Crippen molar-refractivity contribution in [3.8, 4) is 0 Å². The average Bonchev–Trinajstić information content (AvgIpc) is 2.54. The molecule has 0 aliphatic heterocycles. The Labute approximate surface area is 128 Å². The topological polar surface area (TPSA) is 41.0 Å². The van der Waals surface area contributed by atoms with Crippen LogP contribution in [0.1, 0.15) is 51.9 Å². The summed E-state index contributed by atoms with van der Waals surface area (Å²) in [5.74, 6) is 1.93. The molecule has 116 valence electrons. The molecule has 0 saturated heterocycles. The Kier molecular flexibility index (Phi) is 6.51. The minimum absolute atomic E-state index is 0.930. The maximum atomic E-state index is 4.35. The summed E-state index contributed by atoms with van der Waals surface area (Å²) in [6.07, 6.45) is 12.8. The van der Waals surface area contributed by atoms with Crippen LogP contribution in [0.15, 0.2) is 24.0 Å². The Hall–Kier alpha value is -1.58. The number of unbranched alkanes of at least 4 members (excludes halogenated alkanes) is 1. The van der Waals surface area contributed by atoms with Gasteiger partial charge >= 0.3 is 0 Å². The SMILES string of the molecule is CCCCN(C)c1cc(NCCC2=CCCCC2)ncn1. The van der Waals surface area contributed by atoms with Crippen molar-refractivity contribution in [1.29, 1.82) is 0 Å². The van der Waals surface area contributed by atoms with Gasteiger partial charge in [-0.15, -0.1) is 0 Å². The van der Waals surface area contributed by atoms with Gasteiger partial charge in [0.15, 0.2) is 0 Å². The fourth-order valence-electron chi connectivity index (χ4n) is 2.65. The maximum Gasteiger partial charge on any atom is 0.133 e. The number of hydrogen-bond acceptors (Lipinski definition) is 4. The van der Waals surface area contributed by atoms with E-state index in [0.717, 1.165) is 31.1 Å². The standard InChI is InChI=1S/C17H28N4/c1-3-4-12-21(2)17-13-16(19-14-20-17)18-11-10-15-8-6-5-7-9-15/h8,13-14H,3-7,9-12H2,1-2H3,(H,18,19,20). The molecule has 1 heterocycles. The first-order chi connectivity index (χ1) is 10.3. The fourth-order valence-corrected chi connectivity index (χ4v) is 2.65. The fraction of sp³-hybridized carbons (Fsp3) is 0.647. The number of allylic oxidation sites excluding steroid dienone is 1. The van der Waals surface area contributed by atoms with Crippen molar-refractivity contribution < 1.29 is 0 Å². The van der Waals surface area contributed by atoms with Gasteiger partial charge in [0.25, 0.3) is 0 Å². The second-order valence-corrected chi connectivity index (χ2v) is 5.82. The lowest BCUT2D eigenvalue weighted by Gasteiger charge is -2.18. The second kappa shape index (κ2) is 8.65. The molecule has 21 heavy (non-hydrogen) atoms. The van der Waals surface area contributed by atoms with E-state index in [2.05, 4.69) is 40.2 Å². The second-order valence-electron chi connectivity index (χ2n) is 5.82. The summed E-state index contributed by atoms with van der Waals surface area (Å²) < 4.78 is 0. The van der Waals surface area contributed by atoms with Crippen molar-refractivity contribution in [3.63, 3.8) is 0 Å². The van der Waals surface area contributed by atoms with Crippen LogP contribution in [-0.4, -0.2) is 30.1 Å². The summed E-state index contributed by atoms with van der Waals surface area (Å²) in [4.78, 5) is 10.9. The monoisotopic (exact) mass is 288 g/mol. The van der Waals surface area contributed by atoms with Crippen LogP contribution in [-0.2, 0) is 0 Å². The molecular formula is C17H28N4. The van der Waals surface area contributed by atoms with Crippen molar-refractivity contribution >= 4 is 11.6 Å². The van der Waals surface area contributed by atoms with Crippen molar-refractivity contribution in [2.24, 2.45) is 0 Å². The lowest BCUT2D eigenvalue weighted by molar-refractivity contribution is 0.679. The molecule has 0 aromatic carbocycles. The van der Waals surface area contributed by atoms with Crippen LogP contribution in [0.3, 0.4) is 0 Å². The molecule has 0 bridgehead atoms. The highest BCUT2D eigenvalue weighted by atomic mass is 15.2. The van der Waals surface area contributed by atoms with Crippen molar-refractivity contribution in [2.45, 2.75) is 51.9 Å². The molecule has 1 aliphatic carbocycles. The molecule has 0 amide bonds. The van der Waals surface area contributed by atoms with Crippen LogP contribution in [0.25, 0.3) is 0 Å². The van der Waals surface area contributed by atoms with E-state index < -0.39 is 0 Å². The summed E-state index contributed by atoms with van der Waals surface area (Å²) >= 11 is 0. The first-order valence-corrected chi connectivity index (χ1v) is 8.24. The predicted molar refractivity (Wildman–Crippen MR) is 89.9 cm³/mol. The van der Waals surface area contributed by atoms with Gasteiger partial charge in [0, 0.05) is 26.2 Å². The molecule has 0 radical (unpaired) electrons. The van der Waals surface area contributed by atoms with Gasteiger partial charge < -0.3 is 10.2 Å². The molecule has 1 N–H and O–H groups in total. The van der Waals surface area contributed by atoms with Gasteiger partial charge in [0.2, 0.25) is 0 Å².